The van der Waals surface area contributed by atoms with Gasteiger partial charge in [-0.2, -0.15) is 0 Å². The largest absolute Gasteiger partial charge is 0.326 e. The maximum atomic E-state index is 12.4. The van der Waals surface area contributed by atoms with Gasteiger partial charge in [-0.15, -0.1) is 0 Å². The Morgan fingerprint density at radius 3 is 2.40 bits per heavy atom. The Balaban J connectivity index is 2.73. The third-order valence-corrected chi connectivity index (χ3v) is 3.44. The Morgan fingerprint density at radius 1 is 1.25 bits per heavy atom. The van der Waals surface area contributed by atoms with Crippen LogP contribution >= 0.6 is 0 Å². The Bertz CT molecular complexity index is 414. The Hall–Kier alpha value is -1.39. The van der Waals surface area contributed by atoms with Gasteiger partial charge in [0.1, 0.15) is 0 Å². The van der Waals surface area contributed by atoms with Crippen molar-refractivity contribution in [2.24, 2.45) is 5.73 Å². The van der Waals surface area contributed by atoms with Crippen molar-refractivity contribution in [2.75, 3.05) is 18.4 Å². The molecule has 1 unspecified atom stereocenters. The molecular weight excluding hydrogens is 250 g/mol. The topological polar surface area (TPSA) is 58.4 Å². The molecule has 3 N–H and O–H groups in total. The molecule has 4 nitrogen and oxygen atoms in total. The number of para-hydroxylation sites is 1. The predicted octanol–water partition coefficient (Wildman–Crippen LogP) is 2.59. The molecule has 0 saturated carbocycles. The summed E-state index contributed by atoms with van der Waals surface area (Å²) in [6, 6.07) is 7.56. The minimum absolute atomic E-state index is 0.0350. The summed E-state index contributed by atoms with van der Waals surface area (Å²) >= 11 is 0. The molecule has 0 bridgehead atoms. The standard InChI is InChI=1S/C16H27N3O/c1-4-10-19(11-5-2)13(3)16(20)18-15-9-7-6-8-14(15)12-17/h6-9,13H,4-5,10-12,17H2,1-3H3,(H,18,20). The molecular formula is C16H27N3O. The minimum Gasteiger partial charge on any atom is -0.326 e. The van der Waals surface area contributed by atoms with Gasteiger partial charge in [-0.25, -0.2) is 0 Å². The number of nitrogens with zero attached hydrogens (tertiary/aromatic N) is 1. The third kappa shape index (κ3) is 4.62. The first kappa shape index (κ1) is 16.7. The molecule has 0 saturated heterocycles. The van der Waals surface area contributed by atoms with E-state index < -0.39 is 0 Å². The number of nitrogens with two attached hydrogens (primary N) is 1. The molecule has 20 heavy (non-hydrogen) atoms. The average Bonchev–Trinajstić information content (AvgIpc) is 2.46. The normalized spacial score (nSPS) is 12.4. The molecule has 0 aliphatic heterocycles. The maximum absolute atomic E-state index is 12.4. The van der Waals surface area contributed by atoms with Gasteiger partial charge in [0.15, 0.2) is 0 Å². The summed E-state index contributed by atoms with van der Waals surface area (Å²) in [5, 5.41) is 3.00. The molecule has 0 spiro atoms. The Kier molecular flexibility index (Phi) is 7.26. The van der Waals surface area contributed by atoms with Crippen molar-refractivity contribution in [2.45, 2.75) is 46.2 Å². The number of carbonyl (C=O) groups is 1. The van der Waals surface area contributed by atoms with Crippen molar-refractivity contribution in [1.82, 2.24) is 4.90 Å². The second-order valence-electron chi connectivity index (χ2n) is 5.06. The van der Waals surface area contributed by atoms with Crippen LogP contribution in [0.4, 0.5) is 5.69 Å². The van der Waals surface area contributed by atoms with Crippen molar-refractivity contribution in [3.63, 3.8) is 0 Å². The zero-order valence-electron chi connectivity index (χ0n) is 12.9. The zero-order valence-corrected chi connectivity index (χ0v) is 12.9. The van der Waals surface area contributed by atoms with E-state index in [-0.39, 0.29) is 11.9 Å². The fraction of sp³-hybridized carbons (Fsp3) is 0.562. The molecule has 0 aliphatic rings. The van der Waals surface area contributed by atoms with Crippen LogP contribution in [0.5, 0.6) is 0 Å². The van der Waals surface area contributed by atoms with Crippen molar-refractivity contribution in [1.29, 1.82) is 0 Å². The van der Waals surface area contributed by atoms with Crippen LogP contribution in [0, 0.1) is 0 Å². The van der Waals surface area contributed by atoms with Crippen LogP contribution in [0.2, 0.25) is 0 Å². The van der Waals surface area contributed by atoms with E-state index in [0.29, 0.717) is 6.54 Å². The van der Waals surface area contributed by atoms with Gasteiger partial charge in [-0.05, 0) is 44.5 Å². The molecule has 0 aromatic heterocycles. The quantitative estimate of drug-likeness (QED) is 0.768. The van der Waals surface area contributed by atoms with Crippen LogP contribution in [0.25, 0.3) is 0 Å². The van der Waals surface area contributed by atoms with Crippen molar-refractivity contribution in [3.8, 4) is 0 Å². The highest BCUT2D eigenvalue weighted by Gasteiger charge is 2.20. The van der Waals surface area contributed by atoms with Gasteiger partial charge in [-0.3, -0.25) is 9.69 Å². The molecule has 1 aromatic rings. The number of nitrogens with one attached hydrogen (secondary N) is 1. The summed E-state index contributed by atoms with van der Waals surface area (Å²) in [6.07, 6.45) is 2.11. The summed E-state index contributed by atoms with van der Waals surface area (Å²) in [4.78, 5) is 14.6. The monoisotopic (exact) mass is 277 g/mol. The van der Waals surface area contributed by atoms with Gasteiger partial charge in [0.2, 0.25) is 5.91 Å². The summed E-state index contributed by atoms with van der Waals surface area (Å²) < 4.78 is 0. The van der Waals surface area contributed by atoms with E-state index in [9.17, 15) is 4.79 Å². The van der Waals surface area contributed by atoms with Crippen LogP contribution < -0.4 is 11.1 Å². The van der Waals surface area contributed by atoms with Gasteiger partial charge in [0, 0.05) is 12.2 Å². The van der Waals surface area contributed by atoms with E-state index in [0.717, 1.165) is 37.2 Å². The number of hydrogen-bond donors (Lipinski definition) is 2. The molecule has 1 amide bonds. The molecule has 0 fully saturated rings. The lowest BCUT2D eigenvalue weighted by Gasteiger charge is -2.27. The second kappa shape index (κ2) is 8.72. The van der Waals surface area contributed by atoms with Crippen LogP contribution in [0.15, 0.2) is 24.3 Å². The van der Waals surface area contributed by atoms with Crippen LogP contribution in [-0.2, 0) is 11.3 Å². The first-order chi connectivity index (χ1) is 9.63. The number of benzene rings is 1. The smallest absolute Gasteiger partial charge is 0.241 e. The molecule has 1 atom stereocenters. The van der Waals surface area contributed by atoms with Gasteiger partial charge >= 0.3 is 0 Å². The van der Waals surface area contributed by atoms with Gasteiger partial charge in [0.05, 0.1) is 6.04 Å². The van der Waals surface area contributed by atoms with Gasteiger partial charge in [-0.1, -0.05) is 32.0 Å². The first-order valence-corrected chi connectivity index (χ1v) is 7.46. The highest BCUT2D eigenvalue weighted by Crippen LogP contribution is 2.15. The number of anilines is 1. The first-order valence-electron chi connectivity index (χ1n) is 7.46. The van der Waals surface area contributed by atoms with Crippen LogP contribution in [0.3, 0.4) is 0 Å². The third-order valence-electron chi connectivity index (χ3n) is 3.44. The van der Waals surface area contributed by atoms with E-state index >= 15 is 0 Å². The van der Waals surface area contributed by atoms with Crippen LogP contribution in [0.1, 0.15) is 39.2 Å². The van der Waals surface area contributed by atoms with Crippen molar-refractivity contribution < 1.29 is 4.79 Å². The van der Waals surface area contributed by atoms with Crippen molar-refractivity contribution >= 4 is 11.6 Å². The molecule has 1 rings (SSSR count). The van der Waals surface area contributed by atoms with E-state index in [1.165, 1.54) is 0 Å². The van der Waals surface area contributed by atoms with Crippen molar-refractivity contribution in [3.05, 3.63) is 29.8 Å². The lowest BCUT2D eigenvalue weighted by atomic mass is 10.1. The van der Waals surface area contributed by atoms with Gasteiger partial charge in [0.25, 0.3) is 0 Å². The summed E-state index contributed by atoms with van der Waals surface area (Å²) in [5.74, 6) is 0.0350. The average molecular weight is 277 g/mol. The fourth-order valence-electron chi connectivity index (χ4n) is 2.30. The number of rotatable bonds is 8. The molecule has 0 radical (unpaired) electrons. The summed E-state index contributed by atoms with van der Waals surface area (Å²) in [7, 11) is 0. The SMILES string of the molecule is CCCN(CCC)C(C)C(=O)Nc1ccccc1CN. The summed E-state index contributed by atoms with van der Waals surface area (Å²) in [5.41, 5.74) is 7.48. The fourth-order valence-corrected chi connectivity index (χ4v) is 2.30. The predicted molar refractivity (Wildman–Crippen MR) is 84.6 cm³/mol. The van der Waals surface area contributed by atoms with Crippen LogP contribution in [-0.4, -0.2) is 29.9 Å². The number of carbonyl (C=O) groups excluding carboxylic acids is 1. The van der Waals surface area contributed by atoms with E-state index in [4.69, 9.17) is 5.73 Å². The second-order valence-corrected chi connectivity index (χ2v) is 5.06. The Morgan fingerprint density at radius 2 is 1.85 bits per heavy atom. The molecule has 4 heteroatoms. The number of amides is 1. The van der Waals surface area contributed by atoms with E-state index in [2.05, 4.69) is 24.1 Å². The molecule has 1 aromatic carbocycles. The highest BCUT2D eigenvalue weighted by atomic mass is 16.2. The summed E-state index contributed by atoms with van der Waals surface area (Å²) in [6.45, 7) is 8.56. The molecule has 0 heterocycles. The van der Waals surface area contributed by atoms with E-state index in [1.807, 2.05) is 31.2 Å². The zero-order chi connectivity index (χ0) is 15.0. The highest BCUT2D eigenvalue weighted by molar-refractivity contribution is 5.95. The van der Waals surface area contributed by atoms with E-state index in [1.54, 1.807) is 0 Å². The molecule has 112 valence electrons. The van der Waals surface area contributed by atoms with Gasteiger partial charge < -0.3 is 11.1 Å². The lowest BCUT2D eigenvalue weighted by Crippen LogP contribution is -2.43. The Labute approximate surface area is 122 Å². The number of hydrogen-bond acceptors (Lipinski definition) is 3. The minimum atomic E-state index is -0.124. The molecule has 0 aliphatic carbocycles. The lowest BCUT2D eigenvalue weighted by molar-refractivity contribution is -0.120. The maximum Gasteiger partial charge on any atom is 0.241 e.